The molecule has 2 fully saturated rings. The standard InChI is InChI=1S/C27H34NO3/c1-4-30-25(29)31-20-11-13-26(2)19(16-20)7-8-21-23-10-9-22(18-6-5-15-28-17-18)27(23,3)14-12-24(21)26/h5-7,9,15,17,20-21,23-24H,1,4,8,10-14,16H2,2-3H3/t20-,21-,23-,24-,26-,27+/m0/s1. The van der Waals surface area contributed by atoms with Crippen LogP contribution in [0.2, 0.25) is 0 Å². The molecule has 1 aromatic heterocycles. The van der Waals surface area contributed by atoms with Crippen LogP contribution in [0.25, 0.3) is 5.57 Å². The molecule has 0 amide bonds. The molecular formula is C27H34NO3. The Balaban J connectivity index is 1.35. The Kier molecular flexibility index (Phi) is 5.22. The van der Waals surface area contributed by atoms with Gasteiger partial charge in [-0.3, -0.25) is 4.98 Å². The topological polar surface area (TPSA) is 48.4 Å². The van der Waals surface area contributed by atoms with E-state index in [0.29, 0.717) is 5.92 Å². The lowest BCUT2D eigenvalue weighted by molar-refractivity contribution is -0.0348. The summed E-state index contributed by atoms with van der Waals surface area (Å²) in [5.74, 6) is 2.16. The second-order valence-electron chi connectivity index (χ2n) is 10.4. The predicted molar refractivity (Wildman–Crippen MR) is 121 cm³/mol. The van der Waals surface area contributed by atoms with Crippen LogP contribution in [-0.2, 0) is 9.47 Å². The maximum atomic E-state index is 11.8. The number of aromatic nitrogens is 1. The highest BCUT2D eigenvalue weighted by molar-refractivity contribution is 5.72. The molecule has 0 aliphatic heterocycles. The molecule has 0 spiro atoms. The van der Waals surface area contributed by atoms with E-state index >= 15 is 0 Å². The Labute approximate surface area is 186 Å². The lowest BCUT2D eigenvalue weighted by atomic mass is 9.47. The quantitative estimate of drug-likeness (QED) is 0.420. The smallest absolute Gasteiger partial charge is 0.434 e. The molecule has 4 heteroatoms. The number of hydrogen-bond donors (Lipinski definition) is 0. The van der Waals surface area contributed by atoms with Crippen molar-refractivity contribution in [1.82, 2.24) is 4.98 Å². The van der Waals surface area contributed by atoms with Crippen molar-refractivity contribution in [1.29, 1.82) is 0 Å². The Morgan fingerprint density at radius 2 is 2.00 bits per heavy atom. The Bertz CT molecular complexity index is 906. The van der Waals surface area contributed by atoms with E-state index in [9.17, 15) is 4.79 Å². The van der Waals surface area contributed by atoms with Crippen LogP contribution in [0.5, 0.6) is 0 Å². The van der Waals surface area contributed by atoms with Crippen LogP contribution in [-0.4, -0.2) is 23.9 Å². The minimum Gasteiger partial charge on any atom is -0.434 e. The minimum absolute atomic E-state index is 0.0610. The van der Waals surface area contributed by atoms with Crippen LogP contribution < -0.4 is 0 Å². The first-order valence-electron chi connectivity index (χ1n) is 11.9. The number of allylic oxidation sites excluding steroid dienone is 3. The van der Waals surface area contributed by atoms with Crippen molar-refractivity contribution in [3.05, 3.63) is 54.7 Å². The SMILES string of the molecule is [CH2]COC(=O)O[C@H]1CC[C@@]2(C)C(=CC[C@@H]3[C@@H]2CC[C@]2(C)C(c4cccnc4)=CC[C@@H]32)C1. The molecule has 4 aliphatic carbocycles. The number of nitrogens with zero attached hydrogens (tertiary/aromatic N) is 1. The molecule has 0 bridgehead atoms. The van der Waals surface area contributed by atoms with Crippen molar-refractivity contribution in [2.75, 3.05) is 6.61 Å². The van der Waals surface area contributed by atoms with E-state index in [1.807, 2.05) is 12.4 Å². The molecule has 0 unspecified atom stereocenters. The number of fused-ring (bicyclic) bond motifs is 5. The zero-order chi connectivity index (χ0) is 21.6. The monoisotopic (exact) mass is 420 g/mol. The Morgan fingerprint density at radius 1 is 1.16 bits per heavy atom. The van der Waals surface area contributed by atoms with Crippen molar-refractivity contribution in [2.45, 2.75) is 64.9 Å². The van der Waals surface area contributed by atoms with Gasteiger partial charge in [-0.15, -0.1) is 0 Å². The highest BCUT2D eigenvalue weighted by atomic mass is 16.7. The zero-order valence-corrected chi connectivity index (χ0v) is 18.8. The molecule has 1 heterocycles. The van der Waals surface area contributed by atoms with Crippen LogP contribution in [0, 0.1) is 35.5 Å². The van der Waals surface area contributed by atoms with Crippen LogP contribution in [0.15, 0.2) is 42.3 Å². The number of carbonyl (C=O) groups is 1. The highest BCUT2D eigenvalue weighted by Crippen LogP contribution is 2.66. The molecule has 0 saturated heterocycles. The van der Waals surface area contributed by atoms with Crippen molar-refractivity contribution in [2.24, 2.45) is 28.6 Å². The summed E-state index contributed by atoms with van der Waals surface area (Å²) >= 11 is 0. The highest BCUT2D eigenvalue weighted by Gasteiger charge is 2.57. The molecule has 31 heavy (non-hydrogen) atoms. The fraction of sp³-hybridized carbons (Fsp3) is 0.593. The molecule has 1 radical (unpaired) electrons. The number of hydrogen-bond acceptors (Lipinski definition) is 4. The predicted octanol–water partition coefficient (Wildman–Crippen LogP) is 6.39. The third-order valence-corrected chi connectivity index (χ3v) is 9.09. The van der Waals surface area contributed by atoms with Gasteiger partial charge in [-0.05, 0) is 91.2 Å². The molecule has 4 nitrogen and oxygen atoms in total. The van der Waals surface area contributed by atoms with Gasteiger partial charge in [0.25, 0.3) is 0 Å². The van der Waals surface area contributed by atoms with Crippen molar-refractivity contribution in [3.63, 3.8) is 0 Å². The van der Waals surface area contributed by atoms with Crippen LogP contribution in [0.3, 0.4) is 0 Å². The summed E-state index contributed by atoms with van der Waals surface area (Å²) in [6, 6.07) is 4.28. The molecule has 4 aliphatic rings. The van der Waals surface area contributed by atoms with E-state index in [2.05, 4.69) is 50.0 Å². The maximum absolute atomic E-state index is 11.8. The summed E-state index contributed by atoms with van der Waals surface area (Å²) in [5, 5.41) is 0. The molecule has 0 aromatic carbocycles. The summed E-state index contributed by atoms with van der Waals surface area (Å²) in [7, 11) is 0. The summed E-state index contributed by atoms with van der Waals surface area (Å²) in [6.07, 6.45) is 16.0. The normalized spacial score (nSPS) is 38.8. The summed E-state index contributed by atoms with van der Waals surface area (Å²) in [5.41, 5.74) is 4.82. The number of pyridine rings is 1. The van der Waals surface area contributed by atoms with Gasteiger partial charge in [0.1, 0.15) is 6.10 Å². The van der Waals surface area contributed by atoms with E-state index in [4.69, 9.17) is 9.47 Å². The van der Waals surface area contributed by atoms with Crippen LogP contribution in [0.4, 0.5) is 4.79 Å². The van der Waals surface area contributed by atoms with Gasteiger partial charge in [-0.2, -0.15) is 0 Å². The molecule has 0 N–H and O–H groups in total. The summed E-state index contributed by atoms with van der Waals surface area (Å²) < 4.78 is 10.4. The molecule has 2 saturated carbocycles. The molecular weight excluding hydrogens is 386 g/mol. The second kappa shape index (κ2) is 7.79. The minimum atomic E-state index is -0.578. The molecule has 6 atom stereocenters. The fourth-order valence-electron chi connectivity index (χ4n) is 7.52. The lowest BCUT2D eigenvalue weighted by Gasteiger charge is -2.57. The third-order valence-electron chi connectivity index (χ3n) is 9.09. The molecule has 5 rings (SSSR count). The summed E-state index contributed by atoms with van der Waals surface area (Å²) in [6.45, 7) is 8.65. The van der Waals surface area contributed by atoms with Gasteiger partial charge >= 0.3 is 6.16 Å². The first-order chi connectivity index (χ1) is 15.0. The third kappa shape index (κ3) is 3.34. The van der Waals surface area contributed by atoms with E-state index < -0.39 is 6.16 Å². The van der Waals surface area contributed by atoms with Crippen LogP contribution >= 0.6 is 0 Å². The number of carbonyl (C=O) groups excluding carboxylic acids is 1. The first-order valence-corrected chi connectivity index (χ1v) is 11.9. The van der Waals surface area contributed by atoms with Gasteiger partial charge in [0, 0.05) is 18.8 Å². The first kappa shape index (κ1) is 20.8. The van der Waals surface area contributed by atoms with Crippen molar-refractivity contribution >= 4 is 11.7 Å². The van der Waals surface area contributed by atoms with Gasteiger partial charge < -0.3 is 9.47 Å². The summed E-state index contributed by atoms with van der Waals surface area (Å²) in [4.78, 5) is 16.2. The van der Waals surface area contributed by atoms with Gasteiger partial charge in [-0.1, -0.05) is 37.6 Å². The van der Waals surface area contributed by atoms with Gasteiger partial charge in [0.05, 0.1) is 6.61 Å². The zero-order valence-electron chi connectivity index (χ0n) is 18.8. The van der Waals surface area contributed by atoms with Crippen molar-refractivity contribution < 1.29 is 14.3 Å². The van der Waals surface area contributed by atoms with Gasteiger partial charge in [0.15, 0.2) is 0 Å². The number of ether oxygens (including phenoxy) is 2. The van der Waals surface area contributed by atoms with Crippen LogP contribution in [0.1, 0.15) is 64.4 Å². The average Bonchev–Trinajstić information content (AvgIpc) is 3.12. The van der Waals surface area contributed by atoms with E-state index in [0.717, 1.165) is 37.5 Å². The van der Waals surface area contributed by atoms with E-state index in [-0.39, 0.29) is 23.5 Å². The fourth-order valence-corrected chi connectivity index (χ4v) is 7.52. The van der Waals surface area contributed by atoms with Gasteiger partial charge in [0.2, 0.25) is 0 Å². The van der Waals surface area contributed by atoms with E-state index in [1.54, 1.807) is 0 Å². The average molecular weight is 421 g/mol. The second-order valence-corrected chi connectivity index (χ2v) is 10.4. The Hall–Kier alpha value is -2.10. The largest absolute Gasteiger partial charge is 0.508 e. The lowest BCUT2D eigenvalue weighted by Crippen LogP contribution is -2.50. The Morgan fingerprint density at radius 3 is 2.77 bits per heavy atom. The number of rotatable bonds is 3. The van der Waals surface area contributed by atoms with Crippen molar-refractivity contribution in [3.8, 4) is 0 Å². The molecule has 1 aromatic rings. The molecule has 165 valence electrons. The van der Waals surface area contributed by atoms with E-state index in [1.165, 1.54) is 36.0 Å². The van der Waals surface area contributed by atoms with Gasteiger partial charge in [-0.25, -0.2) is 4.79 Å². The maximum Gasteiger partial charge on any atom is 0.508 e.